The van der Waals surface area contributed by atoms with Crippen molar-refractivity contribution in [3.05, 3.63) is 59.7 Å². The zero-order valence-corrected chi connectivity index (χ0v) is 11.6. The number of hydrogen-bond donors (Lipinski definition) is 0. The zero-order chi connectivity index (χ0) is 13.5. The topological polar surface area (TPSA) is 33.0 Å². The summed E-state index contributed by atoms with van der Waals surface area (Å²) >= 11 is 1.79. The molecule has 0 radical (unpaired) electrons. The third-order valence-corrected chi connectivity index (χ3v) is 3.81. The van der Waals surface area contributed by atoms with Gasteiger partial charge >= 0.3 is 0 Å². The van der Waals surface area contributed by atoms with Gasteiger partial charge in [0.15, 0.2) is 0 Å². The standard InChI is InChI=1S/C16H15NOS/c1-13-5-2-3-8-16(13)19-10-9-18-15-7-4-6-14(11-15)12-17/h2-8,11H,9-10H2,1H3. The van der Waals surface area contributed by atoms with Gasteiger partial charge in [0.05, 0.1) is 18.2 Å². The maximum absolute atomic E-state index is 8.80. The van der Waals surface area contributed by atoms with Gasteiger partial charge in [0.25, 0.3) is 0 Å². The second kappa shape index (κ2) is 6.86. The van der Waals surface area contributed by atoms with Gasteiger partial charge in [0, 0.05) is 10.6 Å². The molecule has 2 aromatic carbocycles. The van der Waals surface area contributed by atoms with Gasteiger partial charge in [-0.1, -0.05) is 24.3 Å². The highest BCUT2D eigenvalue weighted by Gasteiger charge is 1.99. The third-order valence-electron chi connectivity index (χ3n) is 2.67. The maximum Gasteiger partial charge on any atom is 0.120 e. The average Bonchev–Trinajstić information content (AvgIpc) is 2.45. The molecule has 3 heteroatoms. The highest BCUT2D eigenvalue weighted by Crippen LogP contribution is 2.22. The first-order valence-electron chi connectivity index (χ1n) is 6.11. The van der Waals surface area contributed by atoms with Crippen molar-refractivity contribution >= 4 is 11.8 Å². The summed E-state index contributed by atoms with van der Waals surface area (Å²) in [5.74, 6) is 1.64. The predicted molar refractivity (Wildman–Crippen MR) is 78.6 cm³/mol. The van der Waals surface area contributed by atoms with Crippen LogP contribution in [0, 0.1) is 18.3 Å². The minimum atomic E-state index is 0.629. The normalized spacial score (nSPS) is 9.89. The molecule has 0 atom stereocenters. The van der Waals surface area contributed by atoms with E-state index in [0.29, 0.717) is 12.2 Å². The van der Waals surface area contributed by atoms with Crippen LogP contribution in [-0.2, 0) is 0 Å². The highest BCUT2D eigenvalue weighted by molar-refractivity contribution is 7.99. The summed E-state index contributed by atoms with van der Waals surface area (Å²) in [6.45, 7) is 2.74. The second-order valence-electron chi connectivity index (χ2n) is 4.10. The Morgan fingerprint density at radius 2 is 2.00 bits per heavy atom. The van der Waals surface area contributed by atoms with Gasteiger partial charge in [-0.05, 0) is 36.8 Å². The molecule has 0 N–H and O–H groups in total. The number of nitrogens with zero attached hydrogens (tertiary/aromatic N) is 1. The number of hydrogen-bond acceptors (Lipinski definition) is 3. The Bertz CT molecular complexity index is 589. The number of ether oxygens (including phenoxy) is 1. The number of benzene rings is 2. The fourth-order valence-corrected chi connectivity index (χ4v) is 2.54. The fraction of sp³-hybridized carbons (Fsp3) is 0.188. The van der Waals surface area contributed by atoms with Crippen LogP contribution in [0.2, 0.25) is 0 Å². The van der Waals surface area contributed by atoms with Crippen molar-refractivity contribution in [2.75, 3.05) is 12.4 Å². The summed E-state index contributed by atoms with van der Waals surface area (Å²) in [7, 11) is 0. The Balaban J connectivity index is 1.81. The molecule has 2 rings (SSSR count). The van der Waals surface area contributed by atoms with E-state index in [1.54, 1.807) is 23.9 Å². The Kier molecular flexibility index (Phi) is 4.88. The molecule has 2 aromatic rings. The van der Waals surface area contributed by atoms with Crippen LogP contribution in [0.5, 0.6) is 5.75 Å². The van der Waals surface area contributed by atoms with Crippen LogP contribution in [-0.4, -0.2) is 12.4 Å². The van der Waals surface area contributed by atoms with Gasteiger partial charge in [-0.3, -0.25) is 0 Å². The van der Waals surface area contributed by atoms with E-state index in [1.165, 1.54) is 10.5 Å². The van der Waals surface area contributed by atoms with Crippen LogP contribution >= 0.6 is 11.8 Å². The van der Waals surface area contributed by atoms with Gasteiger partial charge in [-0.25, -0.2) is 0 Å². The number of thioether (sulfide) groups is 1. The van der Waals surface area contributed by atoms with Gasteiger partial charge < -0.3 is 4.74 Å². The minimum absolute atomic E-state index is 0.629. The Labute approximate surface area is 118 Å². The third kappa shape index (κ3) is 4.04. The quantitative estimate of drug-likeness (QED) is 0.606. The van der Waals surface area contributed by atoms with Crippen LogP contribution < -0.4 is 4.74 Å². The molecule has 0 saturated heterocycles. The summed E-state index contributed by atoms with van der Waals surface area (Å²) in [6.07, 6.45) is 0. The molecular formula is C16H15NOS. The smallest absolute Gasteiger partial charge is 0.120 e. The first kappa shape index (κ1) is 13.5. The summed E-state index contributed by atoms with van der Waals surface area (Å²) in [4.78, 5) is 1.29. The predicted octanol–water partition coefficient (Wildman–Crippen LogP) is 4.04. The van der Waals surface area contributed by atoms with E-state index in [9.17, 15) is 0 Å². The van der Waals surface area contributed by atoms with Gasteiger partial charge in [0.1, 0.15) is 5.75 Å². The fourth-order valence-electron chi connectivity index (χ4n) is 1.68. The lowest BCUT2D eigenvalue weighted by atomic mass is 10.2. The SMILES string of the molecule is Cc1ccccc1SCCOc1cccc(C#N)c1. The minimum Gasteiger partial charge on any atom is -0.493 e. The Hall–Kier alpha value is -1.92. The van der Waals surface area contributed by atoms with Crippen LogP contribution in [0.1, 0.15) is 11.1 Å². The molecule has 2 nitrogen and oxygen atoms in total. The van der Waals surface area contributed by atoms with Crippen molar-refractivity contribution in [3.8, 4) is 11.8 Å². The molecule has 0 aliphatic carbocycles. The lowest BCUT2D eigenvalue weighted by Gasteiger charge is -2.07. The van der Waals surface area contributed by atoms with E-state index >= 15 is 0 Å². The summed E-state index contributed by atoms with van der Waals surface area (Å²) < 4.78 is 5.64. The number of rotatable bonds is 5. The molecule has 0 bridgehead atoms. The van der Waals surface area contributed by atoms with E-state index < -0.39 is 0 Å². The Morgan fingerprint density at radius 1 is 1.16 bits per heavy atom. The van der Waals surface area contributed by atoms with Gasteiger partial charge in [-0.15, -0.1) is 11.8 Å². The highest BCUT2D eigenvalue weighted by atomic mass is 32.2. The monoisotopic (exact) mass is 269 g/mol. The largest absolute Gasteiger partial charge is 0.493 e. The summed E-state index contributed by atoms with van der Waals surface area (Å²) in [6, 6.07) is 17.7. The average molecular weight is 269 g/mol. The van der Waals surface area contributed by atoms with Crippen molar-refractivity contribution < 1.29 is 4.74 Å². The molecule has 0 heterocycles. The first-order valence-corrected chi connectivity index (χ1v) is 7.09. The molecule has 96 valence electrons. The van der Waals surface area contributed by atoms with Crippen molar-refractivity contribution in [3.63, 3.8) is 0 Å². The molecule has 0 amide bonds. The molecule has 0 aliphatic heterocycles. The van der Waals surface area contributed by atoms with E-state index in [2.05, 4.69) is 25.1 Å². The molecule has 0 aliphatic rings. The zero-order valence-electron chi connectivity index (χ0n) is 10.8. The van der Waals surface area contributed by atoms with E-state index in [1.807, 2.05) is 24.3 Å². The van der Waals surface area contributed by atoms with Crippen LogP contribution in [0.15, 0.2) is 53.4 Å². The van der Waals surface area contributed by atoms with Crippen molar-refractivity contribution in [2.45, 2.75) is 11.8 Å². The summed E-state index contributed by atoms with van der Waals surface area (Å²) in [5.41, 5.74) is 1.92. The molecule has 0 aromatic heterocycles. The molecule has 0 saturated carbocycles. The summed E-state index contributed by atoms with van der Waals surface area (Å²) in [5, 5.41) is 8.80. The van der Waals surface area contributed by atoms with Crippen LogP contribution in [0.3, 0.4) is 0 Å². The van der Waals surface area contributed by atoms with Crippen molar-refractivity contribution in [2.24, 2.45) is 0 Å². The van der Waals surface area contributed by atoms with Gasteiger partial charge in [0.2, 0.25) is 0 Å². The van der Waals surface area contributed by atoms with Crippen molar-refractivity contribution in [1.29, 1.82) is 5.26 Å². The first-order chi connectivity index (χ1) is 9.29. The van der Waals surface area contributed by atoms with E-state index in [4.69, 9.17) is 10.00 Å². The van der Waals surface area contributed by atoms with Crippen LogP contribution in [0.4, 0.5) is 0 Å². The Morgan fingerprint density at radius 3 is 2.79 bits per heavy atom. The molecular weight excluding hydrogens is 254 g/mol. The molecule has 0 spiro atoms. The lowest BCUT2D eigenvalue weighted by Crippen LogP contribution is -2.00. The number of aryl methyl sites for hydroxylation is 1. The second-order valence-corrected chi connectivity index (χ2v) is 5.24. The number of nitriles is 1. The van der Waals surface area contributed by atoms with Gasteiger partial charge in [-0.2, -0.15) is 5.26 Å². The van der Waals surface area contributed by atoms with Crippen LogP contribution in [0.25, 0.3) is 0 Å². The van der Waals surface area contributed by atoms with E-state index in [-0.39, 0.29) is 0 Å². The van der Waals surface area contributed by atoms with Crippen molar-refractivity contribution in [1.82, 2.24) is 0 Å². The molecule has 0 unspecified atom stereocenters. The lowest BCUT2D eigenvalue weighted by molar-refractivity contribution is 0.344. The maximum atomic E-state index is 8.80. The molecule has 19 heavy (non-hydrogen) atoms. The molecule has 0 fully saturated rings. The van der Waals surface area contributed by atoms with E-state index in [0.717, 1.165) is 11.5 Å².